The highest BCUT2D eigenvalue weighted by Crippen LogP contribution is 2.24. The molecule has 0 radical (unpaired) electrons. The van der Waals surface area contributed by atoms with Gasteiger partial charge in [0.25, 0.3) is 0 Å². The minimum Gasteiger partial charge on any atom is -0.444 e. The summed E-state index contributed by atoms with van der Waals surface area (Å²) in [6, 6.07) is 0.0999. The van der Waals surface area contributed by atoms with Gasteiger partial charge in [0.2, 0.25) is 5.91 Å². The Morgan fingerprint density at radius 3 is 2.29 bits per heavy atom. The van der Waals surface area contributed by atoms with Crippen LogP contribution < -0.4 is 10.6 Å². The normalized spacial score (nSPS) is 22.5. The molecule has 6 heteroatoms. The van der Waals surface area contributed by atoms with Crippen molar-refractivity contribution in [2.24, 2.45) is 5.92 Å². The molecule has 2 amide bonds. The van der Waals surface area contributed by atoms with Crippen molar-refractivity contribution in [2.45, 2.75) is 58.1 Å². The molecular formula is C15H28N2O4. The van der Waals surface area contributed by atoms with Gasteiger partial charge in [-0.2, -0.15) is 0 Å². The molecule has 1 saturated carbocycles. The number of ether oxygens (including phenoxy) is 2. The Morgan fingerprint density at radius 1 is 1.14 bits per heavy atom. The van der Waals surface area contributed by atoms with E-state index in [2.05, 4.69) is 10.6 Å². The van der Waals surface area contributed by atoms with E-state index >= 15 is 0 Å². The highest BCUT2D eigenvalue weighted by molar-refractivity contribution is 5.78. The first kappa shape index (κ1) is 17.8. The van der Waals surface area contributed by atoms with Gasteiger partial charge in [0, 0.05) is 25.6 Å². The molecule has 0 heterocycles. The predicted octanol–water partition coefficient (Wildman–Crippen LogP) is 1.83. The summed E-state index contributed by atoms with van der Waals surface area (Å²) in [5.41, 5.74) is -0.484. The van der Waals surface area contributed by atoms with Crippen LogP contribution in [0.5, 0.6) is 0 Å². The lowest BCUT2D eigenvalue weighted by Gasteiger charge is -2.29. The first-order valence-electron chi connectivity index (χ1n) is 7.58. The lowest BCUT2D eigenvalue weighted by atomic mass is 9.85. The Labute approximate surface area is 126 Å². The lowest BCUT2D eigenvalue weighted by Crippen LogP contribution is -2.43. The van der Waals surface area contributed by atoms with E-state index in [-0.39, 0.29) is 24.0 Å². The van der Waals surface area contributed by atoms with E-state index in [1.165, 1.54) is 0 Å². The average molecular weight is 300 g/mol. The highest BCUT2D eigenvalue weighted by Gasteiger charge is 2.28. The van der Waals surface area contributed by atoms with Crippen molar-refractivity contribution in [3.05, 3.63) is 0 Å². The SMILES string of the molecule is COCCNC(=O)[C@H]1CC[C@H](NC(=O)OC(C)(C)C)CC1. The van der Waals surface area contributed by atoms with E-state index in [4.69, 9.17) is 9.47 Å². The Kier molecular flexibility index (Phi) is 6.95. The number of hydrogen-bond acceptors (Lipinski definition) is 4. The number of amides is 2. The molecule has 0 aromatic rings. The van der Waals surface area contributed by atoms with Crippen molar-refractivity contribution in [2.75, 3.05) is 20.3 Å². The maximum atomic E-state index is 11.9. The molecule has 1 aliphatic carbocycles. The molecule has 0 aromatic heterocycles. The van der Waals surface area contributed by atoms with Crippen LogP contribution in [0.3, 0.4) is 0 Å². The van der Waals surface area contributed by atoms with Gasteiger partial charge in [0.05, 0.1) is 6.61 Å². The third kappa shape index (κ3) is 7.32. The third-order valence-electron chi connectivity index (χ3n) is 3.42. The fourth-order valence-corrected chi connectivity index (χ4v) is 2.39. The standard InChI is InChI=1S/C15H28N2O4/c1-15(2,3)21-14(19)17-12-7-5-11(6-8-12)13(18)16-9-10-20-4/h11-12H,5-10H2,1-4H3,(H,16,18)(H,17,19)/t11-,12-. The molecule has 2 N–H and O–H groups in total. The van der Waals surface area contributed by atoms with Crippen molar-refractivity contribution in [3.63, 3.8) is 0 Å². The zero-order chi connectivity index (χ0) is 15.9. The number of carbonyl (C=O) groups excluding carboxylic acids is 2. The molecule has 1 fully saturated rings. The van der Waals surface area contributed by atoms with Crippen LogP contribution in [-0.4, -0.2) is 43.9 Å². The summed E-state index contributed by atoms with van der Waals surface area (Å²) in [5, 5.41) is 5.74. The van der Waals surface area contributed by atoms with Gasteiger partial charge >= 0.3 is 6.09 Å². The van der Waals surface area contributed by atoms with Gasteiger partial charge in [-0.15, -0.1) is 0 Å². The summed E-state index contributed by atoms with van der Waals surface area (Å²) in [7, 11) is 1.61. The van der Waals surface area contributed by atoms with E-state index in [1.807, 2.05) is 20.8 Å². The van der Waals surface area contributed by atoms with Crippen molar-refractivity contribution < 1.29 is 19.1 Å². The van der Waals surface area contributed by atoms with Crippen molar-refractivity contribution in [3.8, 4) is 0 Å². The topological polar surface area (TPSA) is 76.7 Å². The number of methoxy groups -OCH3 is 1. The molecule has 0 aliphatic heterocycles. The molecule has 1 aliphatic rings. The Hall–Kier alpha value is -1.30. The quantitative estimate of drug-likeness (QED) is 0.760. The second kappa shape index (κ2) is 8.22. The zero-order valence-corrected chi connectivity index (χ0v) is 13.5. The van der Waals surface area contributed by atoms with Crippen LogP contribution in [0, 0.1) is 5.92 Å². The molecule has 1 rings (SSSR count). The fourth-order valence-electron chi connectivity index (χ4n) is 2.39. The molecule has 0 aromatic carbocycles. The molecule has 0 unspecified atom stereocenters. The minimum atomic E-state index is -0.484. The Balaban J connectivity index is 2.25. The van der Waals surface area contributed by atoms with Crippen LogP contribution in [-0.2, 0) is 14.3 Å². The summed E-state index contributed by atoms with van der Waals surface area (Å²) in [6.45, 7) is 6.60. The van der Waals surface area contributed by atoms with E-state index < -0.39 is 5.60 Å². The number of rotatable bonds is 5. The van der Waals surface area contributed by atoms with Gasteiger partial charge in [-0.05, 0) is 46.5 Å². The van der Waals surface area contributed by atoms with E-state index in [1.54, 1.807) is 7.11 Å². The number of carbonyl (C=O) groups is 2. The zero-order valence-electron chi connectivity index (χ0n) is 13.5. The summed E-state index contributed by atoms with van der Waals surface area (Å²) in [6.07, 6.45) is 2.82. The average Bonchev–Trinajstić information content (AvgIpc) is 2.37. The van der Waals surface area contributed by atoms with Gasteiger partial charge in [-0.3, -0.25) is 4.79 Å². The maximum absolute atomic E-state index is 11.9. The molecule has 0 spiro atoms. The van der Waals surface area contributed by atoms with Crippen LogP contribution >= 0.6 is 0 Å². The Bertz CT molecular complexity index is 344. The molecule has 0 saturated heterocycles. The van der Waals surface area contributed by atoms with Crippen LogP contribution in [0.15, 0.2) is 0 Å². The van der Waals surface area contributed by atoms with Crippen LogP contribution in [0.2, 0.25) is 0 Å². The van der Waals surface area contributed by atoms with Gasteiger partial charge in [-0.25, -0.2) is 4.79 Å². The van der Waals surface area contributed by atoms with Gasteiger partial charge in [-0.1, -0.05) is 0 Å². The van der Waals surface area contributed by atoms with Crippen LogP contribution in [0.1, 0.15) is 46.5 Å². The lowest BCUT2D eigenvalue weighted by molar-refractivity contribution is -0.126. The van der Waals surface area contributed by atoms with Gasteiger partial charge < -0.3 is 20.1 Å². The maximum Gasteiger partial charge on any atom is 0.407 e. The third-order valence-corrected chi connectivity index (χ3v) is 3.42. The van der Waals surface area contributed by atoms with E-state index in [9.17, 15) is 9.59 Å². The summed E-state index contributed by atoms with van der Waals surface area (Å²) >= 11 is 0. The molecule has 122 valence electrons. The van der Waals surface area contributed by atoms with Crippen molar-refractivity contribution >= 4 is 12.0 Å². The molecule has 0 bridgehead atoms. The molecule has 21 heavy (non-hydrogen) atoms. The van der Waals surface area contributed by atoms with Crippen LogP contribution in [0.25, 0.3) is 0 Å². The van der Waals surface area contributed by atoms with Crippen molar-refractivity contribution in [1.29, 1.82) is 0 Å². The molecule has 6 nitrogen and oxygen atoms in total. The van der Waals surface area contributed by atoms with Gasteiger partial charge in [0.1, 0.15) is 5.60 Å². The predicted molar refractivity (Wildman–Crippen MR) is 80.0 cm³/mol. The smallest absolute Gasteiger partial charge is 0.407 e. The number of nitrogens with one attached hydrogen (secondary N) is 2. The first-order chi connectivity index (χ1) is 9.81. The summed E-state index contributed by atoms with van der Waals surface area (Å²) in [4.78, 5) is 23.6. The summed E-state index contributed by atoms with van der Waals surface area (Å²) < 4.78 is 10.1. The monoisotopic (exact) mass is 300 g/mol. The van der Waals surface area contributed by atoms with E-state index in [0.29, 0.717) is 13.2 Å². The highest BCUT2D eigenvalue weighted by atomic mass is 16.6. The second-order valence-electron chi connectivity index (χ2n) is 6.48. The Morgan fingerprint density at radius 2 is 1.76 bits per heavy atom. The fraction of sp³-hybridized carbons (Fsp3) is 0.867. The van der Waals surface area contributed by atoms with Crippen LogP contribution in [0.4, 0.5) is 4.79 Å². The van der Waals surface area contributed by atoms with Crippen molar-refractivity contribution in [1.82, 2.24) is 10.6 Å². The molecule has 0 atom stereocenters. The number of hydrogen-bond donors (Lipinski definition) is 2. The minimum absolute atomic E-state index is 0.0403. The second-order valence-corrected chi connectivity index (χ2v) is 6.48. The van der Waals surface area contributed by atoms with Gasteiger partial charge in [0.15, 0.2) is 0 Å². The number of alkyl carbamates (subject to hydrolysis) is 1. The largest absolute Gasteiger partial charge is 0.444 e. The summed E-state index contributed by atoms with van der Waals surface area (Å²) in [5.74, 6) is 0.126. The first-order valence-corrected chi connectivity index (χ1v) is 7.58. The molecular weight excluding hydrogens is 272 g/mol. The van der Waals surface area contributed by atoms with E-state index in [0.717, 1.165) is 25.7 Å².